The Labute approximate surface area is 167 Å². The summed E-state index contributed by atoms with van der Waals surface area (Å²) in [6, 6.07) is 11.8. The molecule has 0 heterocycles. The maximum Gasteiger partial charge on any atom is 0.309 e. The molecule has 0 saturated carbocycles. The fraction of sp³-hybridized carbons (Fsp3) is 0.263. The van der Waals surface area contributed by atoms with E-state index in [0.29, 0.717) is 33.8 Å². The molecule has 6 nitrogen and oxygen atoms in total. The van der Waals surface area contributed by atoms with Gasteiger partial charge in [-0.1, -0.05) is 35.3 Å². The number of carbonyl (C=O) groups excluding carboxylic acids is 2. The zero-order chi connectivity index (χ0) is 19.6. The van der Waals surface area contributed by atoms with Gasteiger partial charge in [-0.25, -0.2) is 0 Å². The molecule has 0 unspecified atom stereocenters. The number of ether oxygens (including phenoxy) is 3. The zero-order valence-electron chi connectivity index (χ0n) is 14.7. The molecule has 27 heavy (non-hydrogen) atoms. The smallest absolute Gasteiger partial charge is 0.309 e. The van der Waals surface area contributed by atoms with Crippen molar-refractivity contribution in [1.29, 1.82) is 0 Å². The fourth-order valence-corrected chi connectivity index (χ4v) is 2.66. The van der Waals surface area contributed by atoms with Gasteiger partial charge < -0.3 is 19.5 Å². The van der Waals surface area contributed by atoms with Crippen LogP contribution in [0.1, 0.15) is 13.3 Å². The third kappa shape index (κ3) is 7.37. The Morgan fingerprint density at radius 1 is 1.00 bits per heavy atom. The van der Waals surface area contributed by atoms with Gasteiger partial charge in [0.1, 0.15) is 0 Å². The molecule has 2 rings (SSSR count). The maximum absolute atomic E-state index is 11.8. The second kappa shape index (κ2) is 10.6. The van der Waals surface area contributed by atoms with Crippen LogP contribution in [0, 0.1) is 0 Å². The molecule has 0 aliphatic rings. The number of para-hydroxylation sites is 2. The largest absolute Gasteiger partial charge is 0.490 e. The standard InChI is InChI=1S/C19H19Cl2NO5/c1-2-25-16-5-3-4-6-17(16)26-8-7-19(24)27-12-18(23)22-15-10-13(20)9-14(21)11-15/h3-6,9-11H,2,7-8,12H2,1H3,(H,22,23). The Balaban J connectivity index is 1.72. The molecule has 1 amide bonds. The third-order valence-electron chi connectivity index (χ3n) is 3.22. The minimum Gasteiger partial charge on any atom is -0.490 e. The summed E-state index contributed by atoms with van der Waals surface area (Å²) in [5.74, 6) is 0.100. The molecule has 8 heteroatoms. The topological polar surface area (TPSA) is 73.9 Å². The first-order valence-electron chi connectivity index (χ1n) is 8.24. The highest BCUT2D eigenvalue weighted by molar-refractivity contribution is 6.35. The highest BCUT2D eigenvalue weighted by Gasteiger charge is 2.10. The minimum atomic E-state index is -0.553. The molecule has 0 aromatic heterocycles. The van der Waals surface area contributed by atoms with Gasteiger partial charge in [0.25, 0.3) is 5.91 Å². The lowest BCUT2D eigenvalue weighted by Crippen LogP contribution is -2.21. The van der Waals surface area contributed by atoms with Gasteiger partial charge >= 0.3 is 5.97 Å². The summed E-state index contributed by atoms with van der Waals surface area (Å²) in [7, 11) is 0. The zero-order valence-corrected chi connectivity index (χ0v) is 16.2. The summed E-state index contributed by atoms with van der Waals surface area (Å²) >= 11 is 11.7. The number of carbonyl (C=O) groups is 2. The Bertz CT molecular complexity index is 777. The van der Waals surface area contributed by atoms with Crippen molar-refractivity contribution in [3.05, 3.63) is 52.5 Å². The molecular weight excluding hydrogens is 393 g/mol. The van der Waals surface area contributed by atoms with E-state index in [1.54, 1.807) is 18.2 Å². The minimum absolute atomic E-state index is 0.00324. The number of rotatable bonds is 9. The number of esters is 1. The Morgan fingerprint density at radius 3 is 2.26 bits per heavy atom. The van der Waals surface area contributed by atoms with E-state index in [2.05, 4.69) is 5.32 Å². The molecule has 0 bridgehead atoms. The molecule has 0 saturated heterocycles. The average Bonchev–Trinajstić information content (AvgIpc) is 2.61. The van der Waals surface area contributed by atoms with Crippen molar-refractivity contribution in [2.45, 2.75) is 13.3 Å². The van der Waals surface area contributed by atoms with Crippen molar-refractivity contribution in [3.63, 3.8) is 0 Å². The number of benzene rings is 2. The van der Waals surface area contributed by atoms with Crippen LogP contribution in [0.4, 0.5) is 5.69 Å². The quantitative estimate of drug-likeness (QED) is 0.621. The summed E-state index contributed by atoms with van der Waals surface area (Å²) in [6.07, 6.45) is -0.00324. The van der Waals surface area contributed by atoms with Crippen molar-refractivity contribution in [2.75, 3.05) is 25.1 Å². The van der Waals surface area contributed by atoms with Crippen molar-refractivity contribution in [3.8, 4) is 11.5 Å². The second-order valence-electron chi connectivity index (χ2n) is 5.35. The maximum atomic E-state index is 11.8. The van der Waals surface area contributed by atoms with Gasteiger partial charge in [0.05, 0.1) is 19.6 Å². The summed E-state index contributed by atoms with van der Waals surface area (Å²) in [5, 5.41) is 3.33. The van der Waals surface area contributed by atoms with Crippen molar-refractivity contribution >= 4 is 40.8 Å². The molecule has 0 atom stereocenters. The summed E-state index contributed by atoms with van der Waals surface area (Å²) in [5.41, 5.74) is 0.421. The first-order chi connectivity index (χ1) is 13.0. The van der Waals surface area contributed by atoms with Gasteiger partial charge in [-0.15, -0.1) is 0 Å². The monoisotopic (exact) mass is 411 g/mol. The highest BCUT2D eigenvalue weighted by atomic mass is 35.5. The van der Waals surface area contributed by atoms with Gasteiger partial charge in [0, 0.05) is 15.7 Å². The third-order valence-corrected chi connectivity index (χ3v) is 3.66. The highest BCUT2D eigenvalue weighted by Crippen LogP contribution is 2.26. The normalized spacial score (nSPS) is 10.2. The fourth-order valence-electron chi connectivity index (χ4n) is 2.13. The average molecular weight is 412 g/mol. The first kappa shape index (κ1) is 20.9. The number of hydrogen-bond donors (Lipinski definition) is 1. The van der Waals surface area contributed by atoms with E-state index < -0.39 is 18.5 Å². The van der Waals surface area contributed by atoms with Crippen LogP contribution in [0.2, 0.25) is 10.0 Å². The summed E-state index contributed by atoms with van der Waals surface area (Å²) < 4.78 is 15.9. The lowest BCUT2D eigenvalue weighted by Gasteiger charge is -2.11. The van der Waals surface area contributed by atoms with Gasteiger partial charge in [-0.2, -0.15) is 0 Å². The molecule has 2 aromatic rings. The van der Waals surface area contributed by atoms with Crippen LogP contribution in [0.15, 0.2) is 42.5 Å². The van der Waals surface area contributed by atoms with Crippen LogP contribution in [0.3, 0.4) is 0 Å². The van der Waals surface area contributed by atoms with E-state index in [-0.39, 0.29) is 13.0 Å². The van der Waals surface area contributed by atoms with E-state index in [0.717, 1.165) is 0 Å². The number of anilines is 1. The van der Waals surface area contributed by atoms with Crippen molar-refractivity contribution in [2.24, 2.45) is 0 Å². The van der Waals surface area contributed by atoms with Crippen LogP contribution in [0.25, 0.3) is 0 Å². The number of hydrogen-bond acceptors (Lipinski definition) is 5. The van der Waals surface area contributed by atoms with E-state index in [4.69, 9.17) is 37.4 Å². The SMILES string of the molecule is CCOc1ccccc1OCCC(=O)OCC(=O)Nc1cc(Cl)cc(Cl)c1. The van der Waals surface area contributed by atoms with E-state index >= 15 is 0 Å². The van der Waals surface area contributed by atoms with Crippen LogP contribution < -0.4 is 14.8 Å². The molecule has 1 N–H and O–H groups in total. The lowest BCUT2D eigenvalue weighted by molar-refractivity contribution is -0.147. The second-order valence-corrected chi connectivity index (χ2v) is 6.22. The van der Waals surface area contributed by atoms with Gasteiger partial charge in [0.15, 0.2) is 18.1 Å². The molecule has 0 fully saturated rings. The number of nitrogens with one attached hydrogen (secondary N) is 1. The predicted molar refractivity (Wildman–Crippen MR) is 104 cm³/mol. The Kier molecular flexibility index (Phi) is 8.23. The van der Waals surface area contributed by atoms with Crippen LogP contribution in [0.5, 0.6) is 11.5 Å². The van der Waals surface area contributed by atoms with Crippen molar-refractivity contribution < 1.29 is 23.8 Å². The van der Waals surface area contributed by atoms with Crippen LogP contribution >= 0.6 is 23.2 Å². The molecule has 144 valence electrons. The first-order valence-corrected chi connectivity index (χ1v) is 8.99. The van der Waals surface area contributed by atoms with Crippen LogP contribution in [-0.2, 0) is 14.3 Å². The summed E-state index contributed by atoms with van der Waals surface area (Å²) in [4.78, 5) is 23.6. The van der Waals surface area contributed by atoms with E-state index in [1.165, 1.54) is 12.1 Å². The number of halogens is 2. The van der Waals surface area contributed by atoms with E-state index in [9.17, 15) is 9.59 Å². The molecule has 0 aliphatic heterocycles. The number of amides is 1. The summed E-state index contributed by atoms with van der Waals surface area (Å²) in [6.45, 7) is 2.07. The molecule has 0 spiro atoms. The van der Waals surface area contributed by atoms with Gasteiger partial charge in [0.2, 0.25) is 0 Å². The Hall–Kier alpha value is -2.44. The van der Waals surface area contributed by atoms with E-state index in [1.807, 2.05) is 19.1 Å². The predicted octanol–water partition coefficient (Wildman–Crippen LogP) is 4.34. The van der Waals surface area contributed by atoms with Gasteiger partial charge in [-0.05, 0) is 37.3 Å². The molecule has 0 aliphatic carbocycles. The molecule has 2 aromatic carbocycles. The van der Waals surface area contributed by atoms with Crippen molar-refractivity contribution in [1.82, 2.24) is 0 Å². The lowest BCUT2D eigenvalue weighted by atomic mass is 10.3. The van der Waals surface area contributed by atoms with Crippen LogP contribution in [-0.4, -0.2) is 31.7 Å². The molecular formula is C19H19Cl2NO5. The Morgan fingerprint density at radius 2 is 1.63 bits per heavy atom. The molecule has 0 radical (unpaired) electrons. The van der Waals surface area contributed by atoms with Gasteiger partial charge in [-0.3, -0.25) is 9.59 Å².